The van der Waals surface area contributed by atoms with Gasteiger partial charge < -0.3 is 15.1 Å². The summed E-state index contributed by atoms with van der Waals surface area (Å²) in [6.45, 7) is 2.88. The quantitative estimate of drug-likeness (QED) is 0.919. The Bertz CT molecular complexity index is 716. The molecule has 2 heterocycles. The molecule has 1 aromatic carbocycles. The van der Waals surface area contributed by atoms with Crippen LogP contribution in [0.1, 0.15) is 5.56 Å². The van der Waals surface area contributed by atoms with Crippen LogP contribution in [-0.2, 0) is 11.2 Å². The second-order valence-electron chi connectivity index (χ2n) is 5.65. The number of aromatic nitrogens is 2. The molecule has 0 unspecified atom stereocenters. The van der Waals surface area contributed by atoms with Gasteiger partial charge in [0.1, 0.15) is 18.0 Å². The van der Waals surface area contributed by atoms with Gasteiger partial charge in [-0.2, -0.15) is 0 Å². The Balaban J connectivity index is 1.58. The van der Waals surface area contributed by atoms with Crippen molar-refractivity contribution < 1.29 is 4.79 Å². The van der Waals surface area contributed by atoms with E-state index in [1.54, 1.807) is 6.33 Å². The number of hydrogen-bond acceptors (Lipinski definition) is 5. The minimum atomic E-state index is 0.112. The molecule has 0 bridgehead atoms. The van der Waals surface area contributed by atoms with E-state index in [0.29, 0.717) is 24.5 Å². The van der Waals surface area contributed by atoms with E-state index in [0.717, 1.165) is 30.3 Å². The first-order chi connectivity index (χ1) is 11.7. The average Bonchev–Trinajstić information content (AvgIpc) is 2.64. The maximum atomic E-state index is 12.5. The minimum Gasteiger partial charge on any atom is -0.373 e. The average molecular weight is 346 g/mol. The number of rotatable bonds is 4. The molecule has 6 nitrogen and oxygen atoms in total. The zero-order valence-electron chi connectivity index (χ0n) is 13.6. The van der Waals surface area contributed by atoms with Crippen LogP contribution in [0.5, 0.6) is 0 Å². The van der Waals surface area contributed by atoms with Crippen LogP contribution in [-0.4, -0.2) is 54.0 Å². The third-order valence-corrected chi connectivity index (χ3v) is 4.53. The fraction of sp³-hybridized carbons (Fsp3) is 0.353. The summed E-state index contributed by atoms with van der Waals surface area (Å²) in [5.74, 6) is 1.78. The van der Waals surface area contributed by atoms with E-state index in [1.165, 1.54) is 0 Å². The van der Waals surface area contributed by atoms with Gasteiger partial charge in [0.15, 0.2) is 0 Å². The van der Waals surface area contributed by atoms with Crippen molar-refractivity contribution in [2.75, 3.05) is 43.4 Å². The number of benzene rings is 1. The number of anilines is 2. The number of amides is 1. The van der Waals surface area contributed by atoms with Gasteiger partial charge in [0.05, 0.1) is 6.42 Å². The third-order valence-electron chi connectivity index (χ3n) is 4.16. The molecule has 0 spiro atoms. The summed E-state index contributed by atoms with van der Waals surface area (Å²) >= 11 is 6.14. The normalized spacial score (nSPS) is 14.6. The Labute approximate surface area is 146 Å². The van der Waals surface area contributed by atoms with Crippen molar-refractivity contribution in [2.45, 2.75) is 6.42 Å². The summed E-state index contributed by atoms with van der Waals surface area (Å²) in [4.78, 5) is 25.0. The predicted octanol–water partition coefficient (Wildman–Crippen LogP) is 2.06. The van der Waals surface area contributed by atoms with Crippen molar-refractivity contribution in [2.24, 2.45) is 0 Å². The highest BCUT2D eigenvalue weighted by Crippen LogP contribution is 2.18. The molecule has 0 atom stereocenters. The highest BCUT2D eigenvalue weighted by atomic mass is 35.5. The number of halogens is 1. The van der Waals surface area contributed by atoms with Crippen LogP contribution >= 0.6 is 11.6 Å². The Hall–Kier alpha value is -2.34. The van der Waals surface area contributed by atoms with E-state index in [1.807, 2.05) is 42.3 Å². The molecule has 1 aliphatic rings. The lowest BCUT2D eigenvalue weighted by Crippen LogP contribution is -2.49. The number of carbonyl (C=O) groups excluding carboxylic acids is 1. The van der Waals surface area contributed by atoms with Gasteiger partial charge in [-0.05, 0) is 11.6 Å². The topological polar surface area (TPSA) is 61.4 Å². The summed E-state index contributed by atoms with van der Waals surface area (Å²) in [5, 5.41) is 3.65. The largest absolute Gasteiger partial charge is 0.373 e. The number of piperazine rings is 1. The molecule has 1 fully saturated rings. The summed E-state index contributed by atoms with van der Waals surface area (Å²) < 4.78 is 0. The molecule has 0 saturated carbocycles. The van der Waals surface area contributed by atoms with Crippen molar-refractivity contribution in [3.8, 4) is 0 Å². The van der Waals surface area contributed by atoms with Crippen LogP contribution in [0.4, 0.5) is 11.6 Å². The first kappa shape index (κ1) is 16.5. The maximum absolute atomic E-state index is 12.5. The number of nitrogens with one attached hydrogen (secondary N) is 1. The molecule has 126 valence electrons. The molecule has 1 aliphatic heterocycles. The first-order valence-corrected chi connectivity index (χ1v) is 8.31. The van der Waals surface area contributed by atoms with Gasteiger partial charge in [-0.3, -0.25) is 4.79 Å². The summed E-state index contributed by atoms with van der Waals surface area (Å²) in [6.07, 6.45) is 1.90. The van der Waals surface area contributed by atoms with Crippen LogP contribution in [0.25, 0.3) is 0 Å². The minimum absolute atomic E-state index is 0.112. The van der Waals surface area contributed by atoms with E-state index in [9.17, 15) is 4.79 Å². The standard InChI is InChI=1S/C17H20ClN5O/c1-19-15-11-16(21-12-20-15)22-6-8-23(9-7-22)17(24)10-13-4-2-3-5-14(13)18/h2-5,11-12H,6-10H2,1H3,(H,19,20,21). The molecule has 2 aromatic rings. The summed E-state index contributed by atoms with van der Waals surface area (Å²) in [7, 11) is 1.83. The van der Waals surface area contributed by atoms with Crippen LogP contribution in [0.15, 0.2) is 36.7 Å². The van der Waals surface area contributed by atoms with Crippen molar-refractivity contribution in [1.82, 2.24) is 14.9 Å². The van der Waals surface area contributed by atoms with Crippen LogP contribution in [0.2, 0.25) is 5.02 Å². The smallest absolute Gasteiger partial charge is 0.227 e. The molecule has 1 aromatic heterocycles. The molecule has 1 saturated heterocycles. The number of nitrogens with zero attached hydrogens (tertiary/aromatic N) is 4. The van der Waals surface area contributed by atoms with E-state index in [-0.39, 0.29) is 5.91 Å². The fourth-order valence-corrected chi connectivity index (χ4v) is 2.96. The molecular formula is C17H20ClN5O. The second-order valence-corrected chi connectivity index (χ2v) is 6.05. The third kappa shape index (κ3) is 3.76. The lowest BCUT2D eigenvalue weighted by molar-refractivity contribution is -0.130. The van der Waals surface area contributed by atoms with E-state index in [4.69, 9.17) is 11.6 Å². The van der Waals surface area contributed by atoms with Gasteiger partial charge >= 0.3 is 0 Å². The van der Waals surface area contributed by atoms with Crippen molar-refractivity contribution >= 4 is 29.1 Å². The van der Waals surface area contributed by atoms with Gasteiger partial charge in [0.2, 0.25) is 5.91 Å². The van der Waals surface area contributed by atoms with Gasteiger partial charge in [0, 0.05) is 44.3 Å². The van der Waals surface area contributed by atoms with E-state index in [2.05, 4.69) is 20.2 Å². The van der Waals surface area contributed by atoms with Crippen molar-refractivity contribution in [1.29, 1.82) is 0 Å². The van der Waals surface area contributed by atoms with Crippen LogP contribution in [0, 0.1) is 0 Å². The highest BCUT2D eigenvalue weighted by molar-refractivity contribution is 6.31. The molecule has 0 radical (unpaired) electrons. The molecule has 0 aliphatic carbocycles. The van der Waals surface area contributed by atoms with Gasteiger partial charge in [-0.1, -0.05) is 29.8 Å². The van der Waals surface area contributed by atoms with Crippen molar-refractivity contribution in [3.05, 3.63) is 47.2 Å². The van der Waals surface area contributed by atoms with Gasteiger partial charge in [-0.15, -0.1) is 0 Å². The summed E-state index contributed by atoms with van der Waals surface area (Å²) in [5.41, 5.74) is 0.876. The molecule has 3 rings (SSSR count). The fourth-order valence-electron chi connectivity index (χ4n) is 2.76. The molecule has 7 heteroatoms. The Kier molecular flexibility index (Phi) is 5.15. The Morgan fingerprint density at radius 3 is 2.67 bits per heavy atom. The predicted molar refractivity (Wildman–Crippen MR) is 95.5 cm³/mol. The number of carbonyl (C=O) groups is 1. The monoisotopic (exact) mass is 345 g/mol. The first-order valence-electron chi connectivity index (χ1n) is 7.93. The van der Waals surface area contributed by atoms with Gasteiger partial charge in [-0.25, -0.2) is 9.97 Å². The molecule has 1 amide bonds. The number of hydrogen-bond donors (Lipinski definition) is 1. The zero-order chi connectivity index (χ0) is 16.9. The van der Waals surface area contributed by atoms with Gasteiger partial charge in [0.25, 0.3) is 0 Å². The zero-order valence-corrected chi connectivity index (χ0v) is 14.3. The molecular weight excluding hydrogens is 326 g/mol. The van der Waals surface area contributed by atoms with E-state index >= 15 is 0 Å². The lowest BCUT2D eigenvalue weighted by atomic mass is 10.1. The molecule has 1 N–H and O–H groups in total. The highest BCUT2D eigenvalue weighted by Gasteiger charge is 2.22. The van der Waals surface area contributed by atoms with Crippen molar-refractivity contribution in [3.63, 3.8) is 0 Å². The SMILES string of the molecule is CNc1cc(N2CCN(C(=O)Cc3ccccc3Cl)CC2)ncn1. The second kappa shape index (κ2) is 7.49. The Morgan fingerprint density at radius 1 is 1.21 bits per heavy atom. The maximum Gasteiger partial charge on any atom is 0.227 e. The lowest BCUT2D eigenvalue weighted by Gasteiger charge is -2.35. The molecule has 24 heavy (non-hydrogen) atoms. The Morgan fingerprint density at radius 2 is 1.96 bits per heavy atom. The van der Waals surface area contributed by atoms with Crippen LogP contribution in [0.3, 0.4) is 0 Å². The van der Waals surface area contributed by atoms with Crippen LogP contribution < -0.4 is 10.2 Å². The summed E-state index contributed by atoms with van der Waals surface area (Å²) in [6, 6.07) is 9.41. The van der Waals surface area contributed by atoms with E-state index < -0.39 is 0 Å².